The maximum Gasteiger partial charge on any atom is 0.212 e. The van der Waals surface area contributed by atoms with Gasteiger partial charge in [-0.25, -0.2) is 14.5 Å². The minimum Gasteiger partial charge on any atom is -0.345 e. The van der Waals surface area contributed by atoms with Crippen LogP contribution in [0.2, 0.25) is 0 Å². The minimum absolute atomic E-state index is 0.983. The largest absolute Gasteiger partial charge is 0.345 e. The van der Waals surface area contributed by atoms with E-state index in [9.17, 15) is 0 Å². The molecule has 0 radical (unpaired) electrons. The van der Waals surface area contributed by atoms with Gasteiger partial charge in [-0.1, -0.05) is 42.5 Å². The molecule has 0 N–H and O–H groups in total. The molecule has 0 fully saturated rings. The van der Waals surface area contributed by atoms with Crippen molar-refractivity contribution in [2.24, 2.45) is 14.1 Å². The van der Waals surface area contributed by atoms with Crippen molar-refractivity contribution in [2.45, 2.75) is 0 Å². The van der Waals surface area contributed by atoms with Crippen LogP contribution in [0.25, 0.3) is 55.1 Å². The van der Waals surface area contributed by atoms with E-state index < -0.39 is 0 Å². The van der Waals surface area contributed by atoms with Crippen molar-refractivity contribution >= 4 is 77.8 Å². The number of thiazole rings is 2. The zero-order valence-electron chi connectivity index (χ0n) is 21.6. The Morgan fingerprint density at radius 1 is 0.718 bits per heavy atom. The number of nitrogens with zero attached hydrogens (tertiary/aromatic N) is 4. The molecule has 7 rings (SSSR count). The summed E-state index contributed by atoms with van der Waals surface area (Å²) in [7, 11) is 4.20. The van der Waals surface area contributed by atoms with Crippen LogP contribution in [0.1, 0.15) is 27.0 Å². The molecule has 0 saturated carbocycles. The van der Waals surface area contributed by atoms with Gasteiger partial charge in [0, 0.05) is 36.1 Å². The summed E-state index contributed by atoms with van der Waals surface area (Å²) in [6.45, 7) is 0. The maximum absolute atomic E-state index is 5.00. The third-order valence-corrected chi connectivity index (χ3v) is 9.19. The number of aryl methyl sites for hydroxylation is 1. The molecule has 0 bridgehead atoms. The predicted octanol–water partition coefficient (Wildman–Crippen LogP) is 7.98. The van der Waals surface area contributed by atoms with E-state index >= 15 is 0 Å². The van der Waals surface area contributed by atoms with E-state index in [1.807, 2.05) is 12.1 Å². The Morgan fingerprint density at radius 3 is 2.03 bits per heavy atom. The summed E-state index contributed by atoms with van der Waals surface area (Å²) in [5, 5.41) is 3.20. The van der Waals surface area contributed by atoms with Gasteiger partial charge in [0.1, 0.15) is 17.1 Å². The van der Waals surface area contributed by atoms with Crippen LogP contribution < -0.4 is 4.57 Å². The molecule has 7 aromatic rings. The molecule has 39 heavy (non-hydrogen) atoms. The van der Waals surface area contributed by atoms with Crippen LogP contribution in [0.3, 0.4) is 0 Å². The molecule has 0 aliphatic carbocycles. The zero-order chi connectivity index (χ0) is 26.3. The Bertz CT molecular complexity index is 1910. The summed E-state index contributed by atoms with van der Waals surface area (Å²) < 4.78 is 6.74. The quantitative estimate of drug-likeness (QED) is 0.207. The monoisotopic (exact) mass is 541 g/mol. The average molecular weight is 542 g/mol. The fraction of sp³-hybridized carbons (Fsp3) is 0.0606. The summed E-state index contributed by atoms with van der Waals surface area (Å²) in [5.74, 6) is 0. The highest BCUT2D eigenvalue weighted by atomic mass is 32.1. The number of aromatic nitrogens is 4. The standard InChI is InChI=1S/C33H25N4S2/c1-36-20-19-22(25-9-3-6-12-29(25)36)15-16-23-17-18-24(37(23)2)21-26(32-34-27-10-4-7-13-30(27)38-32)33-35-28-11-5-8-14-31(28)39-33/h3-21H,1-2H3/q+1. The lowest BCUT2D eigenvalue weighted by atomic mass is 10.1. The summed E-state index contributed by atoms with van der Waals surface area (Å²) in [4.78, 5) is 9.99. The van der Waals surface area contributed by atoms with Crippen molar-refractivity contribution in [3.8, 4) is 0 Å². The van der Waals surface area contributed by atoms with Gasteiger partial charge in [-0.15, -0.1) is 22.7 Å². The molecule has 4 aromatic heterocycles. The number of para-hydroxylation sites is 3. The molecule has 6 heteroatoms. The van der Waals surface area contributed by atoms with Crippen LogP contribution in [-0.2, 0) is 14.1 Å². The van der Waals surface area contributed by atoms with E-state index in [0.29, 0.717) is 0 Å². The highest BCUT2D eigenvalue weighted by molar-refractivity contribution is 7.22. The first-order valence-electron chi connectivity index (χ1n) is 12.8. The number of rotatable bonds is 5. The van der Waals surface area contributed by atoms with E-state index in [0.717, 1.165) is 38.0 Å². The highest BCUT2D eigenvalue weighted by Gasteiger charge is 2.17. The van der Waals surface area contributed by atoms with Gasteiger partial charge in [-0.05, 0) is 60.2 Å². The Morgan fingerprint density at radius 2 is 1.33 bits per heavy atom. The second kappa shape index (κ2) is 9.73. The predicted molar refractivity (Wildman–Crippen MR) is 166 cm³/mol. The lowest BCUT2D eigenvalue weighted by molar-refractivity contribution is -0.644. The van der Waals surface area contributed by atoms with Crippen molar-refractivity contribution in [1.29, 1.82) is 0 Å². The van der Waals surface area contributed by atoms with Crippen LogP contribution in [-0.4, -0.2) is 14.5 Å². The molecule has 0 saturated heterocycles. The van der Waals surface area contributed by atoms with Gasteiger partial charge in [0.15, 0.2) is 6.20 Å². The zero-order valence-corrected chi connectivity index (χ0v) is 23.2. The van der Waals surface area contributed by atoms with Gasteiger partial charge >= 0.3 is 0 Å². The van der Waals surface area contributed by atoms with Gasteiger partial charge in [0.2, 0.25) is 5.52 Å². The number of hydrogen-bond donors (Lipinski definition) is 0. The molecule has 0 aliphatic rings. The Hall–Kier alpha value is -4.39. The number of benzene rings is 3. The first kappa shape index (κ1) is 23.7. The maximum atomic E-state index is 5.00. The minimum atomic E-state index is 0.983. The SMILES string of the molecule is Cn1c(C=C(c2nc3ccccc3s2)c2nc3ccccc3s2)ccc1/C=C/c1cc[n+](C)c2ccccc12. The average Bonchev–Trinajstić information content (AvgIpc) is 3.68. The van der Waals surface area contributed by atoms with Crippen LogP contribution in [0, 0.1) is 0 Å². The number of fused-ring (bicyclic) bond motifs is 3. The summed E-state index contributed by atoms with van der Waals surface area (Å²) in [6.07, 6.45) is 8.73. The van der Waals surface area contributed by atoms with E-state index in [1.54, 1.807) is 22.7 Å². The van der Waals surface area contributed by atoms with E-state index in [4.69, 9.17) is 9.97 Å². The Kier molecular flexibility index (Phi) is 5.91. The highest BCUT2D eigenvalue weighted by Crippen LogP contribution is 2.36. The molecule has 0 amide bonds. The number of hydrogen-bond acceptors (Lipinski definition) is 4. The van der Waals surface area contributed by atoms with Gasteiger partial charge in [-0.2, -0.15) is 0 Å². The molecule has 0 spiro atoms. The topological polar surface area (TPSA) is 34.6 Å². The van der Waals surface area contributed by atoms with E-state index in [-0.39, 0.29) is 0 Å². The Labute approximate surface area is 234 Å². The lowest BCUT2D eigenvalue weighted by Crippen LogP contribution is -2.28. The molecular weight excluding hydrogens is 517 g/mol. The summed E-state index contributed by atoms with van der Waals surface area (Å²) in [6, 6.07) is 31.6. The van der Waals surface area contributed by atoms with Crippen LogP contribution in [0.4, 0.5) is 0 Å². The lowest BCUT2D eigenvalue weighted by Gasteiger charge is -2.05. The van der Waals surface area contributed by atoms with Crippen molar-refractivity contribution < 1.29 is 4.57 Å². The summed E-state index contributed by atoms with van der Waals surface area (Å²) >= 11 is 3.43. The fourth-order valence-electron chi connectivity index (χ4n) is 4.90. The normalized spacial score (nSPS) is 11.7. The molecule has 3 aromatic carbocycles. The van der Waals surface area contributed by atoms with E-state index in [1.165, 1.54) is 25.9 Å². The van der Waals surface area contributed by atoms with Gasteiger partial charge in [0.05, 0.1) is 25.8 Å². The van der Waals surface area contributed by atoms with Gasteiger partial charge < -0.3 is 4.57 Å². The first-order chi connectivity index (χ1) is 19.1. The van der Waals surface area contributed by atoms with Crippen molar-refractivity contribution in [1.82, 2.24) is 14.5 Å². The smallest absolute Gasteiger partial charge is 0.212 e. The van der Waals surface area contributed by atoms with Gasteiger partial charge in [0.25, 0.3) is 0 Å². The second-order valence-electron chi connectivity index (χ2n) is 9.51. The Balaban J connectivity index is 1.31. The van der Waals surface area contributed by atoms with Crippen LogP contribution >= 0.6 is 22.7 Å². The molecular formula is C33H25N4S2+. The molecule has 188 valence electrons. The van der Waals surface area contributed by atoms with Crippen molar-refractivity contribution in [2.75, 3.05) is 0 Å². The van der Waals surface area contributed by atoms with Gasteiger partial charge in [-0.3, -0.25) is 0 Å². The molecule has 4 heterocycles. The van der Waals surface area contributed by atoms with Crippen molar-refractivity contribution in [3.05, 3.63) is 124 Å². The first-order valence-corrected chi connectivity index (χ1v) is 14.4. The number of pyridine rings is 1. The third kappa shape index (κ3) is 4.38. The van der Waals surface area contributed by atoms with E-state index in [2.05, 4.69) is 127 Å². The third-order valence-electron chi connectivity index (χ3n) is 7.05. The summed E-state index contributed by atoms with van der Waals surface area (Å²) in [5.41, 5.74) is 7.74. The van der Waals surface area contributed by atoms with Crippen LogP contribution in [0.15, 0.2) is 97.2 Å². The molecule has 0 atom stereocenters. The fourth-order valence-corrected chi connectivity index (χ4v) is 6.93. The molecule has 4 nitrogen and oxygen atoms in total. The molecule has 0 unspecified atom stereocenters. The molecule has 0 aliphatic heterocycles. The van der Waals surface area contributed by atoms with Crippen molar-refractivity contribution in [3.63, 3.8) is 0 Å². The second-order valence-corrected chi connectivity index (χ2v) is 11.6. The van der Waals surface area contributed by atoms with Crippen LogP contribution in [0.5, 0.6) is 0 Å².